The van der Waals surface area contributed by atoms with Crippen molar-refractivity contribution in [1.82, 2.24) is 5.32 Å². The van der Waals surface area contributed by atoms with Crippen LogP contribution in [0.2, 0.25) is 0 Å². The van der Waals surface area contributed by atoms with Crippen molar-refractivity contribution in [2.45, 2.75) is 27.2 Å². The maximum Gasteiger partial charge on any atom is 0.251 e. The number of aryl methyl sites for hydroxylation is 1. The van der Waals surface area contributed by atoms with Gasteiger partial charge in [0.25, 0.3) is 5.91 Å². The van der Waals surface area contributed by atoms with Crippen LogP contribution in [0.15, 0.2) is 24.3 Å². The van der Waals surface area contributed by atoms with Crippen LogP contribution in [0, 0.1) is 12.3 Å². The number of hydrogen-bond acceptors (Lipinski definition) is 1. The lowest BCUT2D eigenvalue weighted by Gasteiger charge is -2.24. The van der Waals surface area contributed by atoms with Gasteiger partial charge in [0.2, 0.25) is 0 Å². The van der Waals surface area contributed by atoms with Gasteiger partial charge in [0.05, 0.1) is 0 Å². The van der Waals surface area contributed by atoms with Crippen LogP contribution in [0.3, 0.4) is 0 Å². The summed E-state index contributed by atoms with van der Waals surface area (Å²) >= 11 is 5.73. The molecular formula is C14H20ClNO. The molecule has 0 radical (unpaired) electrons. The van der Waals surface area contributed by atoms with Gasteiger partial charge in [-0.25, -0.2) is 0 Å². The second-order valence-electron chi connectivity index (χ2n) is 5.10. The van der Waals surface area contributed by atoms with Crippen LogP contribution in [0.5, 0.6) is 0 Å². The number of benzene rings is 1. The first-order chi connectivity index (χ1) is 7.96. The molecule has 0 atom stereocenters. The molecule has 0 saturated carbocycles. The van der Waals surface area contributed by atoms with Crippen LogP contribution in [0.1, 0.15) is 36.2 Å². The third-order valence-corrected chi connectivity index (χ3v) is 3.08. The summed E-state index contributed by atoms with van der Waals surface area (Å²) in [6.45, 7) is 6.80. The van der Waals surface area contributed by atoms with Gasteiger partial charge in [-0.05, 0) is 30.4 Å². The van der Waals surface area contributed by atoms with Crippen molar-refractivity contribution in [2.24, 2.45) is 5.41 Å². The Labute approximate surface area is 108 Å². The molecule has 0 aromatic heterocycles. The lowest BCUT2D eigenvalue weighted by atomic mass is 9.90. The molecule has 0 aliphatic heterocycles. The molecule has 0 heterocycles. The summed E-state index contributed by atoms with van der Waals surface area (Å²) in [6, 6.07) is 7.60. The second kappa shape index (κ2) is 6.06. The average Bonchev–Trinajstić information content (AvgIpc) is 2.27. The third kappa shape index (κ3) is 4.39. The van der Waals surface area contributed by atoms with Gasteiger partial charge >= 0.3 is 0 Å². The molecule has 1 aromatic rings. The molecule has 0 unspecified atom stereocenters. The topological polar surface area (TPSA) is 29.1 Å². The summed E-state index contributed by atoms with van der Waals surface area (Å²) in [6.07, 6.45) is 0.891. The number of amides is 1. The Balaban J connectivity index is 2.59. The summed E-state index contributed by atoms with van der Waals surface area (Å²) in [5.74, 6) is 0.610. The van der Waals surface area contributed by atoms with E-state index in [1.807, 2.05) is 31.2 Å². The quantitative estimate of drug-likeness (QED) is 0.801. The van der Waals surface area contributed by atoms with Crippen molar-refractivity contribution in [3.8, 4) is 0 Å². The molecule has 1 rings (SSSR count). The van der Waals surface area contributed by atoms with Crippen molar-refractivity contribution >= 4 is 17.5 Å². The molecule has 0 fully saturated rings. The van der Waals surface area contributed by atoms with Crippen LogP contribution in [-0.2, 0) is 0 Å². The number of alkyl halides is 1. The predicted molar refractivity (Wildman–Crippen MR) is 72.6 cm³/mol. The first kappa shape index (κ1) is 14.0. The molecule has 0 spiro atoms. The summed E-state index contributed by atoms with van der Waals surface area (Å²) in [5.41, 5.74) is 1.79. The normalized spacial score (nSPS) is 11.3. The number of carbonyl (C=O) groups is 1. The van der Waals surface area contributed by atoms with E-state index < -0.39 is 0 Å². The number of hydrogen-bond donors (Lipinski definition) is 1. The van der Waals surface area contributed by atoms with E-state index in [2.05, 4.69) is 19.2 Å². The highest BCUT2D eigenvalue weighted by Crippen LogP contribution is 2.19. The lowest BCUT2D eigenvalue weighted by molar-refractivity contribution is 0.0935. The highest BCUT2D eigenvalue weighted by Gasteiger charge is 2.18. The van der Waals surface area contributed by atoms with E-state index >= 15 is 0 Å². The predicted octanol–water partition coefficient (Wildman–Crippen LogP) is 3.38. The summed E-state index contributed by atoms with van der Waals surface area (Å²) in [5, 5.41) is 2.97. The van der Waals surface area contributed by atoms with Gasteiger partial charge in [0.15, 0.2) is 0 Å². The molecule has 0 aliphatic rings. The highest BCUT2D eigenvalue weighted by atomic mass is 35.5. The van der Waals surface area contributed by atoms with Gasteiger partial charge in [0.1, 0.15) is 0 Å². The summed E-state index contributed by atoms with van der Waals surface area (Å²) in [4.78, 5) is 12.0. The molecule has 1 N–H and O–H groups in total. The Morgan fingerprint density at radius 1 is 1.35 bits per heavy atom. The van der Waals surface area contributed by atoms with E-state index in [4.69, 9.17) is 11.6 Å². The number of carbonyl (C=O) groups excluding carboxylic acids is 1. The fourth-order valence-corrected chi connectivity index (χ4v) is 2.10. The summed E-state index contributed by atoms with van der Waals surface area (Å²) < 4.78 is 0. The van der Waals surface area contributed by atoms with E-state index in [0.29, 0.717) is 12.4 Å². The Bertz CT molecular complexity index is 388. The zero-order chi connectivity index (χ0) is 12.9. The summed E-state index contributed by atoms with van der Waals surface area (Å²) in [7, 11) is 0. The van der Waals surface area contributed by atoms with E-state index in [1.165, 1.54) is 0 Å². The SMILES string of the molecule is Cc1ccccc1C(=O)NCC(C)(C)CCCl. The van der Waals surface area contributed by atoms with Crippen LogP contribution in [0.25, 0.3) is 0 Å². The molecule has 3 heteroatoms. The van der Waals surface area contributed by atoms with Crippen LogP contribution >= 0.6 is 11.6 Å². The average molecular weight is 254 g/mol. The van der Waals surface area contributed by atoms with E-state index in [0.717, 1.165) is 17.5 Å². The maximum atomic E-state index is 12.0. The van der Waals surface area contributed by atoms with E-state index in [-0.39, 0.29) is 11.3 Å². The molecule has 0 saturated heterocycles. The highest BCUT2D eigenvalue weighted by molar-refractivity contribution is 6.17. The Hall–Kier alpha value is -1.02. The molecule has 1 amide bonds. The van der Waals surface area contributed by atoms with Crippen LogP contribution < -0.4 is 5.32 Å². The van der Waals surface area contributed by atoms with E-state index in [1.54, 1.807) is 0 Å². The second-order valence-corrected chi connectivity index (χ2v) is 5.48. The van der Waals surface area contributed by atoms with Crippen LogP contribution in [0.4, 0.5) is 0 Å². The molecule has 94 valence electrons. The Morgan fingerprint density at radius 3 is 2.59 bits per heavy atom. The van der Waals surface area contributed by atoms with Gasteiger partial charge < -0.3 is 5.32 Å². The number of rotatable bonds is 5. The van der Waals surface area contributed by atoms with Gasteiger partial charge in [-0.2, -0.15) is 0 Å². The zero-order valence-electron chi connectivity index (χ0n) is 10.7. The van der Waals surface area contributed by atoms with Crippen molar-refractivity contribution < 1.29 is 4.79 Å². The number of nitrogens with one attached hydrogen (secondary N) is 1. The third-order valence-electron chi connectivity index (χ3n) is 2.89. The molecule has 0 aliphatic carbocycles. The minimum absolute atomic E-state index is 0.00857. The zero-order valence-corrected chi connectivity index (χ0v) is 11.5. The Kier molecular flexibility index (Phi) is 5.01. The fourth-order valence-electron chi connectivity index (χ4n) is 1.59. The smallest absolute Gasteiger partial charge is 0.251 e. The molecule has 2 nitrogen and oxygen atoms in total. The minimum atomic E-state index is -0.00857. The molecule has 0 bridgehead atoms. The Morgan fingerprint density at radius 2 is 2.00 bits per heavy atom. The fraction of sp³-hybridized carbons (Fsp3) is 0.500. The van der Waals surface area contributed by atoms with Gasteiger partial charge in [-0.3, -0.25) is 4.79 Å². The monoisotopic (exact) mass is 253 g/mol. The lowest BCUT2D eigenvalue weighted by Crippen LogP contribution is -2.34. The number of halogens is 1. The molecular weight excluding hydrogens is 234 g/mol. The largest absolute Gasteiger partial charge is 0.351 e. The minimum Gasteiger partial charge on any atom is -0.351 e. The van der Waals surface area contributed by atoms with Crippen molar-refractivity contribution in [2.75, 3.05) is 12.4 Å². The molecule has 17 heavy (non-hydrogen) atoms. The maximum absolute atomic E-state index is 12.0. The van der Waals surface area contributed by atoms with Gasteiger partial charge in [0, 0.05) is 18.0 Å². The van der Waals surface area contributed by atoms with Gasteiger partial charge in [-0.1, -0.05) is 32.0 Å². The van der Waals surface area contributed by atoms with Crippen molar-refractivity contribution in [3.05, 3.63) is 35.4 Å². The van der Waals surface area contributed by atoms with E-state index in [9.17, 15) is 4.79 Å². The first-order valence-electron chi connectivity index (χ1n) is 5.86. The van der Waals surface area contributed by atoms with Crippen molar-refractivity contribution in [1.29, 1.82) is 0 Å². The first-order valence-corrected chi connectivity index (χ1v) is 6.39. The van der Waals surface area contributed by atoms with Crippen molar-refractivity contribution in [3.63, 3.8) is 0 Å². The standard InChI is InChI=1S/C14H20ClNO/c1-11-6-4-5-7-12(11)13(17)16-10-14(2,3)8-9-15/h4-7H,8-10H2,1-3H3,(H,16,17). The van der Waals surface area contributed by atoms with Crippen LogP contribution in [-0.4, -0.2) is 18.3 Å². The van der Waals surface area contributed by atoms with Gasteiger partial charge in [-0.15, -0.1) is 11.6 Å². The molecule has 1 aromatic carbocycles.